The molecule has 0 saturated heterocycles. The average Bonchev–Trinajstić information content (AvgIpc) is 2.60. The smallest absolute Gasteiger partial charge is 0.433 e. The first-order chi connectivity index (χ1) is 12.7. The fourth-order valence-electron chi connectivity index (χ4n) is 2.54. The highest BCUT2D eigenvalue weighted by Crippen LogP contribution is 2.34. The third-order valence-corrected chi connectivity index (χ3v) is 3.72. The number of amides is 1. The van der Waals surface area contributed by atoms with Gasteiger partial charge in [-0.3, -0.25) is 4.90 Å². The summed E-state index contributed by atoms with van der Waals surface area (Å²) < 4.78 is 43.0. The Balaban J connectivity index is 1.87. The number of benzene rings is 1. The number of nitrogens with zero attached hydrogens (tertiary/aromatic N) is 2. The predicted octanol–water partition coefficient (Wildman–Crippen LogP) is 3.86. The Bertz CT molecular complexity index is 925. The standard InChI is InChI=1S/C17H11F3N2O5/c18-17(19,20)14-6-3-11(8-21-14)27-10-2-5-12-9(7-10)1-4-13(15(23)24)22(12)16(25)26/h1-8,13H,(H,23,24)(H,25,26). The number of ether oxygens (including phenoxy) is 1. The molecule has 1 aromatic carbocycles. The monoisotopic (exact) mass is 380 g/mol. The Morgan fingerprint density at radius 2 is 1.81 bits per heavy atom. The lowest BCUT2D eigenvalue weighted by atomic mass is 10.0. The average molecular weight is 380 g/mol. The largest absolute Gasteiger partial charge is 0.479 e. The van der Waals surface area contributed by atoms with Gasteiger partial charge in [-0.25, -0.2) is 14.6 Å². The first kappa shape index (κ1) is 18.2. The molecule has 7 nitrogen and oxygen atoms in total. The zero-order chi connectivity index (χ0) is 19.8. The fourth-order valence-corrected chi connectivity index (χ4v) is 2.54. The Labute approximate surface area is 149 Å². The number of anilines is 1. The molecule has 1 atom stereocenters. The number of carboxylic acid groups (broad SMARTS) is 2. The molecule has 1 aromatic heterocycles. The normalized spacial score (nSPS) is 16.0. The van der Waals surface area contributed by atoms with Crippen LogP contribution in [0.4, 0.5) is 23.7 Å². The van der Waals surface area contributed by atoms with Crippen molar-refractivity contribution in [3.8, 4) is 11.5 Å². The number of carboxylic acids is 1. The van der Waals surface area contributed by atoms with Crippen molar-refractivity contribution in [3.05, 3.63) is 53.9 Å². The van der Waals surface area contributed by atoms with Crippen LogP contribution in [0.15, 0.2) is 42.6 Å². The van der Waals surface area contributed by atoms with Crippen LogP contribution in [0.3, 0.4) is 0 Å². The van der Waals surface area contributed by atoms with E-state index in [1.165, 1.54) is 30.4 Å². The summed E-state index contributed by atoms with van der Waals surface area (Å²) in [5.41, 5.74) is -0.525. The quantitative estimate of drug-likeness (QED) is 0.839. The van der Waals surface area contributed by atoms with E-state index in [9.17, 15) is 27.9 Å². The Morgan fingerprint density at radius 1 is 1.11 bits per heavy atom. The van der Waals surface area contributed by atoms with Crippen molar-refractivity contribution in [3.63, 3.8) is 0 Å². The number of hydrogen-bond acceptors (Lipinski definition) is 4. The molecular formula is C17H11F3N2O5. The van der Waals surface area contributed by atoms with Gasteiger partial charge in [0.15, 0.2) is 6.04 Å². The van der Waals surface area contributed by atoms with Gasteiger partial charge in [-0.05, 0) is 36.4 Å². The van der Waals surface area contributed by atoms with E-state index >= 15 is 0 Å². The summed E-state index contributed by atoms with van der Waals surface area (Å²) in [7, 11) is 0. The number of aromatic nitrogens is 1. The lowest BCUT2D eigenvalue weighted by molar-refractivity contribution is -0.141. The van der Waals surface area contributed by atoms with E-state index in [4.69, 9.17) is 9.84 Å². The van der Waals surface area contributed by atoms with Crippen LogP contribution in [0.5, 0.6) is 11.5 Å². The molecular weight excluding hydrogens is 369 g/mol. The Morgan fingerprint density at radius 3 is 2.37 bits per heavy atom. The van der Waals surface area contributed by atoms with Crippen molar-refractivity contribution in [1.82, 2.24) is 4.98 Å². The second-order valence-electron chi connectivity index (χ2n) is 5.49. The number of aliphatic carboxylic acids is 1. The summed E-state index contributed by atoms with van der Waals surface area (Å²) in [6.45, 7) is 0. The molecule has 1 unspecified atom stereocenters. The molecule has 0 fully saturated rings. The fraction of sp³-hybridized carbons (Fsp3) is 0.118. The highest BCUT2D eigenvalue weighted by Gasteiger charge is 2.33. The zero-order valence-corrected chi connectivity index (χ0v) is 13.3. The summed E-state index contributed by atoms with van der Waals surface area (Å²) in [5, 5.41) is 18.4. The minimum Gasteiger partial charge on any atom is -0.479 e. The highest BCUT2D eigenvalue weighted by molar-refractivity contribution is 6.00. The van der Waals surface area contributed by atoms with Crippen molar-refractivity contribution in [2.75, 3.05) is 4.90 Å². The number of alkyl halides is 3. The maximum Gasteiger partial charge on any atom is 0.433 e. The third-order valence-electron chi connectivity index (χ3n) is 3.72. The lowest BCUT2D eigenvalue weighted by Crippen LogP contribution is -2.45. The molecule has 140 valence electrons. The summed E-state index contributed by atoms with van der Waals surface area (Å²) in [5.74, 6) is -1.05. The minimum absolute atomic E-state index is 0.0567. The van der Waals surface area contributed by atoms with Crippen LogP contribution >= 0.6 is 0 Å². The van der Waals surface area contributed by atoms with Crippen LogP contribution in [0.2, 0.25) is 0 Å². The van der Waals surface area contributed by atoms with Gasteiger partial charge in [0.05, 0.1) is 11.9 Å². The van der Waals surface area contributed by atoms with E-state index in [0.29, 0.717) is 10.5 Å². The molecule has 1 aliphatic rings. The number of pyridine rings is 1. The molecule has 2 heterocycles. The third kappa shape index (κ3) is 3.68. The van der Waals surface area contributed by atoms with E-state index in [-0.39, 0.29) is 17.2 Å². The zero-order valence-electron chi connectivity index (χ0n) is 13.3. The topological polar surface area (TPSA) is 100.0 Å². The second kappa shape index (κ2) is 6.63. The maximum atomic E-state index is 12.5. The van der Waals surface area contributed by atoms with Gasteiger partial charge in [0.2, 0.25) is 0 Å². The van der Waals surface area contributed by atoms with Crippen LogP contribution in [-0.2, 0) is 11.0 Å². The van der Waals surface area contributed by atoms with Gasteiger partial charge in [0.25, 0.3) is 0 Å². The van der Waals surface area contributed by atoms with Crippen LogP contribution in [0.25, 0.3) is 6.08 Å². The van der Waals surface area contributed by atoms with Crippen LogP contribution in [0.1, 0.15) is 11.3 Å². The number of halogens is 3. The summed E-state index contributed by atoms with van der Waals surface area (Å²) in [6.07, 6.45) is -2.43. The molecule has 2 N–H and O–H groups in total. The van der Waals surface area contributed by atoms with Gasteiger partial charge >= 0.3 is 18.2 Å². The molecule has 0 spiro atoms. The van der Waals surface area contributed by atoms with E-state index < -0.39 is 30.0 Å². The molecule has 10 heteroatoms. The van der Waals surface area contributed by atoms with Crippen LogP contribution in [-0.4, -0.2) is 33.3 Å². The Kier molecular flexibility index (Phi) is 4.48. The summed E-state index contributed by atoms with van der Waals surface area (Å²) in [4.78, 5) is 26.6. The van der Waals surface area contributed by atoms with Gasteiger partial charge in [0, 0.05) is 5.56 Å². The first-order valence-electron chi connectivity index (χ1n) is 7.45. The molecule has 0 radical (unpaired) electrons. The van der Waals surface area contributed by atoms with E-state index in [2.05, 4.69) is 4.98 Å². The number of fused-ring (bicyclic) bond motifs is 1. The molecule has 0 saturated carbocycles. The van der Waals surface area contributed by atoms with Crippen molar-refractivity contribution in [2.24, 2.45) is 0 Å². The summed E-state index contributed by atoms with van der Waals surface area (Å²) in [6, 6.07) is 4.70. The van der Waals surface area contributed by atoms with E-state index in [1.807, 2.05) is 0 Å². The molecule has 27 heavy (non-hydrogen) atoms. The van der Waals surface area contributed by atoms with Crippen LogP contribution in [0, 0.1) is 0 Å². The number of carbonyl (C=O) groups is 2. The van der Waals surface area contributed by atoms with Gasteiger partial charge in [-0.1, -0.05) is 6.08 Å². The van der Waals surface area contributed by atoms with Gasteiger partial charge in [0.1, 0.15) is 17.2 Å². The van der Waals surface area contributed by atoms with Crippen molar-refractivity contribution < 1.29 is 37.7 Å². The molecule has 0 bridgehead atoms. The van der Waals surface area contributed by atoms with E-state index in [1.54, 1.807) is 0 Å². The van der Waals surface area contributed by atoms with E-state index in [0.717, 1.165) is 18.3 Å². The number of rotatable bonds is 3. The summed E-state index contributed by atoms with van der Waals surface area (Å²) >= 11 is 0. The first-order valence-corrected chi connectivity index (χ1v) is 7.45. The molecule has 0 aliphatic carbocycles. The Hall–Kier alpha value is -3.56. The molecule has 3 rings (SSSR count). The predicted molar refractivity (Wildman–Crippen MR) is 86.7 cm³/mol. The molecule has 2 aromatic rings. The minimum atomic E-state index is -4.56. The SMILES string of the molecule is O=C(O)C1C=Cc2cc(Oc3ccc(C(F)(F)F)nc3)ccc2N1C(=O)O. The van der Waals surface area contributed by atoms with Gasteiger partial charge < -0.3 is 14.9 Å². The highest BCUT2D eigenvalue weighted by atomic mass is 19.4. The second-order valence-corrected chi connectivity index (χ2v) is 5.49. The number of hydrogen-bond donors (Lipinski definition) is 2. The van der Waals surface area contributed by atoms with Crippen molar-refractivity contribution in [1.29, 1.82) is 0 Å². The van der Waals surface area contributed by atoms with Crippen LogP contribution < -0.4 is 9.64 Å². The molecule has 1 amide bonds. The van der Waals surface area contributed by atoms with Crippen molar-refractivity contribution in [2.45, 2.75) is 12.2 Å². The van der Waals surface area contributed by atoms with Gasteiger partial charge in [-0.2, -0.15) is 13.2 Å². The molecule has 1 aliphatic heterocycles. The lowest BCUT2D eigenvalue weighted by Gasteiger charge is -2.29. The van der Waals surface area contributed by atoms with Gasteiger partial charge in [-0.15, -0.1) is 0 Å². The maximum absolute atomic E-state index is 12.5. The van der Waals surface area contributed by atoms with Crippen molar-refractivity contribution >= 4 is 23.8 Å².